The summed E-state index contributed by atoms with van der Waals surface area (Å²) >= 11 is 0. The van der Waals surface area contributed by atoms with Gasteiger partial charge in [0.05, 0.1) is 0 Å². The van der Waals surface area contributed by atoms with Crippen LogP contribution in [0, 0.1) is 29.6 Å². The van der Waals surface area contributed by atoms with Gasteiger partial charge >= 0.3 is 0 Å². The molecule has 11 heavy (non-hydrogen) atoms. The van der Waals surface area contributed by atoms with E-state index in [0.717, 1.165) is 0 Å². The quantitative estimate of drug-likeness (QED) is 0.590. The minimum absolute atomic E-state index is 0.294. The van der Waals surface area contributed by atoms with Crippen LogP contribution in [0.2, 0.25) is 0 Å². The van der Waals surface area contributed by atoms with E-state index >= 15 is 0 Å². The Balaban J connectivity index is 4.27. The maximum atomic E-state index is 9.44. The van der Waals surface area contributed by atoms with Gasteiger partial charge in [-0.05, 0) is 6.92 Å². The largest absolute Gasteiger partial charge is 0.380 e. The summed E-state index contributed by atoms with van der Waals surface area (Å²) in [6, 6.07) is 0. The van der Waals surface area contributed by atoms with Gasteiger partial charge in [-0.3, -0.25) is 0 Å². The summed E-state index contributed by atoms with van der Waals surface area (Å²) in [5, 5.41) is 9.44. The summed E-state index contributed by atoms with van der Waals surface area (Å²) in [4.78, 5) is 0. The summed E-state index contributed by atoms with van der Waals surface area (Å²) in [7, 11) is 0. The molecule has 0 bridgehead atoms. The lowest BCUT2D eigenvalue weighted by Crippen LogP contribution is -2.27. The molecule has 1 heteroatoms. The van der Waals surface area contributed by atoms with Crippen LogP contribution in [0.5, 0.6) is 0 Å². The lowest BCUT2D eigenvalue weighted by atomic mass is 9.84. The Hall–Kier alpha value is -0.920. The first-order valence-corrected chi connectivity index (χ1v) is 3.58. The molecule has 0 aromatic heterocycles. The molecule has 1 unspecified atom stereocenters. The standard InChI is InChI=1S/C10H14O/c1-5-7-9(11)10(3,4)8-6-2/h2,9,11H,8H2,1,3-4H3. The first-order chi connectivity index (χ1) is 5.04. The van der Waals surface area contributed by atoms with Gasteiger partial charge in [0.25, 0.3) is 0 Å². The molecule has 1 atom stereocenters. The van der Waals surface area contributed by atoms with E-state index in [-0.39, 0.29) is 5.41 Å². The Labute approximate surface area is 68.8 Å². The van der Waals surface area contributed by atoms with Crippen LogP contribution >= 0.6 is 0 Å². The van der Waals surface area contributed by atoms with Crippen molar-refractivity contribution in [3.63, 3.8) is 0 Å². The molecular weight excluding hydrogens is 136 g/mol. The van der Waals surface area contributed by atoms with Gasteiger partial charge in [0.15, 0.2) is 0 Å². The van der Waals surface area contributed by atoms with Gasteiger partial charge in [-0.2, -0.15) is 0 Å². The molecule has 0 aromatic rings. The number of aliphatic hydroxyl groups is 1. The molecule has 0 saturated heterocycles. The van der Waals surface area contributed by atoms with Crippen molar-refractivity contribution in [3.05, 3.63) is 0 Å². The Morgan fingerprint density at radius 1 is 1.55 bits per heavy atom. The van der Waals surface area contributed by atoms with Crippen molar-refractivity contribution in [3.8, 4) is 24.2 Å². The molecule has 0 aromatic carbocycles. The van der Waals surface area contributed by atoms with Crippen molar-refractivity contribution < 1.29 is 5.11 Å². The lowest BCUT2D eigenvalue weighted by Gasteiger charge is -2.24. The van der Waals surface area contributed by atoms with Gasteiger partial charge in [0.2, 0.25) is 0 Å². The molecular formula is C10H14O. The van der Waals surface area contributed by atoms with Crippen LogP contribution in [0.4, 0.5) is 0 Å². The molecule has 1 N–H and O–H groups in total. The van der Waals surface area contributed by atoms with E-state index in [1.54, 1.807) is 6.92 Å². The van der Waals surface area contributed by atoms with Gasteiger partial charge < -0.3 is 5.11 Å². The zero-order valence-electron chi connectivity index (χ0n) is 7.31. The van der Waals surface area contributed by atoms with Crippen LogP contribution < -0.4 is 0 Å². The van der Waals surface area contributed by atoms with Crippen LogP contribution in [0.15, 0.2) is 0 Å². The average Bonchev–Trinajstić information content (AvgIpc) is 1.88. The molecule has 0 aliphatic heterocycles. The van der Waals surface area contributed by atoms with E-state index in [1.807, 2.05) is 13.8 Å². The summed E-state index contributed by atoms with van der Waals surface area (Å²) in [5.74, 6) is 7.86. The second-order valence-electron chi connectivity index (χ2n) is 3.17. The fourth-order valence-electron chi connectivity index (χ4n) is 0.692. The van der Waals surface area contributed by atoms with Crippen LogP contribution in [0.1, 0.15) is 27.2 Å². The van der Waals surface area contributed by atoms with Crippen molar-refractivity contribution in [2.75, 3.05) is 0 Å². The van der Waals surface area contributed by atoms with E-state index < -0.39 is 6.10 Å². The predicted octanol–water partition coefficient (Wildman–Crippen LogP) is 1.42. The molecule has 0 saturated carbocycles. The monoisotopic (exact) mass is 150 g/mol. The third kappa shape index (κ3) is 3.12. The van der Waals surface area contributed by atoms with E-state index in [9.17, 15) is 5.11 Å². The molecule has 0 rings (SSSR count). The summed E-state index contributed by atoms with van der Waals surface area (Å²) in [6.07, 6.45) is 5.06. The molecule has 60 valence electrons. The average molecular weight is 150 g/mol. The summed E-state index contributed by atoms with van der Waals surface area (Å²) < 4.78 is 0. The van der Waals surface area contributed by atoms with Gasteiger partial charge in [-0.25, -0.2) is 0 Å². The molecule has 0 heterocycles. The van der Waals surface area contributed by atoms with Gasteiger partial charge in [0, 0.05) is 11.8 Å². The maximum absolute atomic E-state index is 9.44. The number of aliphatic hydroxyl groups excluding tert-OH is 1. The first kappa shape index (κ1) is 10.1. The number of hydrogen-bond acceptors (Lipinski definition) is 1. The van der Waals surface area contributed by atoms with Crippen molar-refractivity contribution in [1.29, 1.82) is 0 Å². The highest BCUT2D eigenvalue weighted by atomic mass is 16.3. The minimum atomic E-state index is -0.622. The fraction of sp³-hybridized carbons (Fsp3) is 0.600. The highest BCUT2D eigenvalue weighted by molar-refractivity contribution is 5.09. The highest BCUT2D eigenvalue weighted by Gasteiger charge is 2.24. The van der Waals surface area contributed by atoms with Crippen molar-refractivity contribution in [1.82, 2.24) is 0 Å². The number of terminal acetylenes is 1. The molecule has 0 aliphatic rings. The second-order valence-corrected chi connectivity index (χ2v) is 3.17. The van der Waals surface area contributed by atoms with Crippen LogP contribution in [-0.4, -0.2) is 11.2 Å². The van der Waals surface area contributed by atoms with Crippen molar-refractivity contribution in [2.45, 2.75) is 33.3 Å². The van der Waals surface area contributed by atoms with E-state index in [0.29, 0.717) is 6.42 Å². The van der Waals surface area contributed by atoms with Crippen LogP contribution in [0.3, 0.4) is 0 Å². The van der Waals surface area contributed by atoms with Gasteiger partial charge in [-0.15, -0.1) is 18.3 Å². The van der Waals surface area contributed by atoms with E-state index in [4.69, 9.17) is 6.42 Å². The maximum Gasteiger partial charge on any atom is 0.120 e. The predicted molar refractivity (Wildman–Crippen MR) is 46.7 cm³/mol. The highest BCUT2D eigenvalue weighted by Crippen LogP contribution is 2.23. The zero-order valence-corrected chi connectivity index (χ0v) is 7.31. The van der Waals surface area contributed by atoms with Crippen LogP contribution in [0.25, 0.3) is 0 Å². The van der Waals surface area contributed by atoms with E-state index in [1.165, 1.54) is 0 Å². The third-order valence-corrected chi connectivity index (χ3v) is 1.58. The SMILES string of the molecule is C#CCC(C)(C)C(O)C#CC. The fourth-order valence-corrected chi connectivity index (χ4v) is 0.692. The molecule has 0 spiro atoms. The molecule has 1 nitrogen and oxygen atoms in total. The Morgan fingerprint density at radius 2 is 2.09 bits per heavy atom. The molecule has 0 aliphatic carbocycles. The number of rotatable bonds is 2. The third-order valence-electron chi connectivity index (χ3n) is 1.58. The Morgan fingerprint density at radius 3 is 2.45 bits per heavy atom. The summed E-state index contributed by atoms with van der Waals surface area (Å²) in [6.45, 7) is 5.51. The van der Waals surface area contributed by atoms with Crippen LogP contribution in [-0.2, 0) is 0 Å². The molecule has 0 fully saturated rings. The van der Waals surface area contributed by atoms with E-state index in [2.05, 4.69) is 17.8 Å². The molecule has 0 amide bonds. The summed E-state index contributed by atoms with van der Waals surface area (Å²) in [5.41, 5.74) is -0.294. The lowest BCUT2D eigenvalue weighted by molar-refractivity contribution is 0.103. The Kier molecular flexibility index (Phi) is 3.72. The smallest absolute Gasteiger partial charge is 0.120 e. The second kappa shape index (κ2) is 4.06. The first-order valence-electron chi connectivity index (χ1n) is 3.58. The van der Waals surface area contributed by atoms with Crippen molar-refractivity contribution in [2.24, 2.45) is 5.41 Å². The minimum Gasteiger partial charge on any atom is -0.380 e. The van der Waals surface area contributed by atoms with Gasteiger partial charge in [-0.1, -0.05) is 19.8 Å². The normalized spacial score (nSPS) is 12.6. The number of hydrogen-bond donors (Lipinski definition) is 1. The van der Waals surface area contributed by atoms with Gasteiger partial charge in [0.1, 0.15) is 6.10 Å². The topological polar surface area (TPSA) is 20.2 Å². The molecule has 0 radical (unpaired) electrons. The van der Waals surface area contributed by atoms with Crippen molar-refractivity contribution >= 4 is 0 Å². The zero-order chi connectivity index (χ0) is 8.91. The Bertz CT molecular complexity index is 209.